The Bertz CT molecular complexity index is 414. The number of benzene rings is 1. The van der Waals surface area contributed by atoms with Gasteiger partial charge in [-0.25, -0.2) is 18.5 Å². The molecule has 13 heavy (non-hydrogen) atoms. The van der Waals surface area contributed by atoms with Crippen LogP contribution < -0.4 is 5.14 Å². The molecule has 0 saturated carbocycles. The Morgan fingerprint density at radius 2 is 2.23 bits per heavy atom. The first-order chi connectivity index (χ1) is 5.95. The Morgan fingerprint density at radius 3 is 2.62 bits per heavy atom. The maximum atomic E-state index is 13.2. The SMILES string of the molecule is CCc1ccc(S(=N)(N)=O)c(F)c1. The molecule has 1 unspecified atom stereocenters. The van der Waals surface area contributed by atoms with Crippen LogP contribution in [0.1, 0.15) is 12.5 Å². The zero-order valence-electron chi connectivity index (χ0n) is 7.21. The van der Waals surface area contributed by atoms with Crippen molar-refractivity contribution in [2.75, 3.05) is 0 Å². The van der Waals surface area contributed by atoms with Crippen LogP contribution in [0.4, 0.5) is 4.39 Å². The van der Waals surface area contributed by atoms with Crippen molar-refractivity contribution in [2.45, 2.75) is 18.2 Å². The minimum absolute atomic E-state index is 0.232. The molecule has 0 amide bonds. The van der Waals surface area contributed by atoms with Gasteiger partial charge in [0.2, 0.25) is 0 Å². The van der Waals surface area contributed by atoms with Crippen LogP contribution in [0.15, 0.2) is 23.1 Å². The molecule has 3 nitrogen and oxygen atoms in total. The van der Waals surface area contributed by atoms with E-state index in [1.807, 2.05) is 6.92 Å². The number of halogens is 1. The van der Waals surface area contributed by atoms with Crippen LogP contribution in [0.5, 0.6) is 0 Å². The summed E-state index contributed by atoms with van der Waals surface area (Å²) in [6, 6.07) is 4.19. The maximum Gasteiger partial charge on any atom is 0.141 e. The molecule has 1 aromatic carbocycles. The standard InChI is InChI=1S/C8H11FN2OS/c1-2-6-3-4-8(7(9)5-6)13(10,11)12/h3-5H,2H2,1H3,(H3,10,11,12). The summed E-state index contributed by atoms with van der Waals surface area (Å²) >= 11 is 0. The maximum absolute atomic E-state index is 13.2. The van der Waals surface area contributed by atoms with Crippen molar-refractivity contribution in [1.29, 1.82) is 4.78 Å². The predicted molar refractivity (Wildman–Crippen MR) is 49.1 cm³/mol. The lowest BCUT2D eigenvalue weighted by Gasteiger charge is -2.04. The first kappa shape index (κ1) is 10.1. The molecular weight excluding hydrogens is 191 g/mol. The van der Waals surface area contributed by atoms with Crippen molar-refractivity contribution in [3.8, 4) is 0 Å². The van der Waals surface area contributed by atoms with Gasteiger partial charge in [0.05, 0.1) is 4.90 Å². The summed E-state index contributed by atoms with van der Waals surface area (Å²) in [5.41, 5.74) is 0.796. The summed E-state index contributed by atoms with van der Waals surface area (Å²) in [4.78, 5) is -0.232. The highest BCUT2D eigenvalue weighted by Crippen LogP contribution is 2.14. The van der Waals surface area contributed by atoms with E-state index in [4.69, 9.17) is 9.92 Å². The van der Waals surface area contributed by atoms with Gasteiger partial charge in [-0.2, -0.15) is 0 Å². The van der Waals surface area contributed by atoms with E-state index in [1.54, 1.807) is 6.07 Å². The summed E-state index contributed by atoms with van der Waals surface area (Å²) in [7, 11) is -3.43. The topological polar surface area (TPSA) is 66.9 Å². The van der Waals surface area contributed by atoms with Crippen LogP contribution >= 0.6 is 0 Å². The fraction of sp³-hybridized carbons (Fsp3) is 0.250. The minimum atomic E-state index is -3.43. The molecule has 0 fully saturated rings. The van der Waals surface area contributed by atoms with E-state index in [0.29, 0.717) is 6.42 Å². The van der Waals surface area contributed by atoms with Crippen molar-refractivity contribution in [3.63, 3.8) is 0 Å². The molecule has 0 aliphatic carbocycles. The smallest absolute Gasteiger partial charge is 0.141 e. The van der Waals surface area contributed by atoms with Gasteiger partial charge >= 0.3 is 0 Å². The van der Waals surface area contributed by atoms with E-state index in [9.17, 15) is 8.60 Å². The molecule has 5 heteroatoms. The molecule has 0 heterocycles. The first-order valence-corrected chi connectivity index (χ1v) is 5.42. The second kappa shape index (κ2) is 3.43. The summed E-state index contributed by atoms with van der Waals surface area (Å²) in [5, 5.41) is 5.00. The van der Waals surface area contributed by atoms with Gasteiger partial charge in [0.25, 0.3) is 0 Å². The average molecular weight is 202 g/mol. The van der Waals surface area contributed by atoms with Gasteiger partial charge in [0.1, 0.15) is 15.7 Å². The lowest BCUT2D eigenvalue weighted by Crippen LogP contribution is -2.12. The molecule has 0 saturated heterocycles. The van der Waals surface area contributed by atoms with Crippen LogP contribution in [0.3, 0.4) is 0 Å². The normalized spacial score (nSPS) is 15.3. The third kappa shape index (κ3) is 2.26. The van der Waals surface area contributed by atoms with Gasteiger partial charge < -0.3 is 0 Å². The lowest BCUT2D eigenvalue weighted by molar-refractivity contribution is 0.591. The second-order valence-electron chi connectivity index (χ2n) is 2.72. The second-order valence-corrected chi connectivity index (χ2v) is 4.36. The van der Waals surface area contributed by atoms with Gasteiger partial charge in [-0.15, -0.1) is 0 Å². The fourth-order valence-electron chi connectivity index (χ4n) is 1.01. The molecule has 0 bridgehead atoms. The summed E-state index contributed by atoms with van der Waals surface area (Å²) in [5.74, 6) is -0.665. The molecule has 0 spiro atoms. The van der Waals surface area contributed by atoms with E-state index in [2.05, 4.69) is 0 Å². The molecule has 1 rings (SSSR count). The molecular formula is C8H11FN2OS. The highest BCUT2D eigenvalue weighted by molar-refractivity contribution is 7.90. The van der Waals surface area contributed by atoms with E-state index >= 15 is 0 Å². The van der Waals surface area contributed by atoms with Gasteiger partial charge in [0.15, 0.2) is 0 Å². The quantitative estimate of drug-likeness (QED) is 0.752. The third-order valence-corrected chi connectivity index (χ3v) is 2.72. The Kier molecular flexibility index (Phi) is 2.68. The van der Waals surface area contributed by atoms with E-state index in [0.717, 1.165) is 5.56 Å². The Morgan fingerprint density at radius 1 is 1.62 bits per heavy atom. The first-order valence-electron chi connectivity index (χ1n) is 3.80. The Hall–Kier alpha value is -0.940. The van der Waals surface area contributed by atoms with Gasteiger partial charge in [-0.1, -0.05) is 13.0 Å². The monoisotopic (exact) mass is 202 g/mol. The van der Waals surface area contributed by atoms with Crippen molar-refractivity contribution in [3.05, 3.63) is 29.6 Å². The molecule has 3 N–H and O–H groups in total. The molecule has 0 radical (unpaired) electrons. The third-order valence-electron chi connectivity index (χ3n) is 1.73. The zero-order chi connectivity index (χ0) is 10.1. The van der Waals surface area contributed by atoms with E-state index < -0.39 is 15.7 Å². The number of nitrogens with one attached hydrogen (secondary N) is 1. The van der Waals surface area contributed by atoms with Crippen LogP contribution in [0, 0.1) is 10.6 Å². The van der Waals surface area contributed by atoms with Crippen LogP contribution in [0.2, 0.25) is 0 Å². The summed E-state index contributed by atoms with van der Waals surface area (Å²) < 4.78 is 31.2. The van der Waals surface area contributed by atoms with Crippen molar-refractivity contribution in [1.82, 2.24) is 0 Å². The average Bonchev–Trinajstić information content (AvgIpc) is 2.01. The molecule has 1 atom stereocenters. The van der Waals surface area contributed by atoms with Gasteiger partial charge in [-0.3, -0.25) is 0 Å². The molecule has 0 aromatic heterocycles. The Balaban J connectivity index is 3.29. The summed E-state index contributed by atoms with van der Waals surface area (Å²) in [6.45, 7) is 1.88. The van der Waals surface area contributed by atoms with Gasteiger partial charge in [0, 0.05) is 0 Å². The summed E-state index contributed by atoms with van der Waals surface area (Å²) in [6.07, 6.45) is 0.695. The lowest BCUT2D eigenvalue weighted by atomic mass is 10.2. The van der Waals surface area contributed by atoms with Crippen molar-refractivity contribution in [2.24, 2.45) is 5.14 Å². The number of hydrogen-bond donors (Lipinski definition) is 2. The van der Waals surface area contributed by atoms with Crippen LogP contribution in [0.25, 0.3) is 0 Å². The largest absolute Gasteiger partial charge is 0.241 e. The van der Waals surface area contributed by atoms with E-state index in [1.165, 1.54) is 12.1 Å². The number of hydrogen-bond acceptors (Lipinski definition) is 2. The predicted octanol–water partition coefficient (Wildman–Crippen LogP) is 1.67. The van der Waals surface area contributed by atoms with Gasteiger partial charge in [-0.05, 0) is 24.1 Å². The molecule has 0 aliphatic rings. The number of rotatable bonds is 2. The van der Waals surface area contributed by atoms with Crippen molar-refractivity contribution < 1.29 is 8.60 Å². The minimum Gasteiger partial charge on any atom is -0.241 e. The van der Waals surface area contributed by atoms with Crippen LogP contribution in [-0.4, -0.2) is 4.21 Å². The highest BCUT2D eigenvalue weighted by Gasteiger charge is 2.10. The van der Waals surface area contributed by atoms with E-state index in [-0.39, 0.29) is 4.90 Å². The Labute approximate surface area is 76.9 Å². The number of aryl methyl sites for hydroxylation is 1. The molecule has 0 aliphatic heterocycles. The highest BCUT2D eigenvalue weighted by atomic mass is 32.2. The fourth-order valence-corrected chi connectivity index (χ4v) is 1.63. The number of nitrogens with two attached hydrogens (primary N) is 1. The zero-order valence-corrected chi connectivity index (χ0v) is 8.03. The molecule has 72 valence electrons. The molecule has 1 aromatic rings. The van der Waals surface area contributed by atoms with Crippen LogP contribution in [-0.2, 0) is 16.3 Å². The van der Waals surface area contributed by atoms with Crippen molar-refractivity contribution >= 4 is 9.92 Å².